The van der Waals surface area contributed by atoms with Crippen LogP contribution in [0.25, 0.3) is 0 Å². The van der Waals surface area contributed by atoms with Crippen LogP contribution in [-0.4, -0.2) is 24.0 Å². The van der Waals surface area contributed by atoms with Crippen LogP contribution in [0.2, 0.25) is 0 Å². The molecule has 4 rings (SSSR count). The van der Waals surface area contributed by atoms with E-state index in [9.17, 15) is 4.79 Å². The smallest absolute Gasteiger partial charge is 0.257 e. The van der Waals surface area contributed by atoms with Gasteiger partial charge in [-0.3, -0.25) is 4.79 Å². The Bertz CT molecular complexity index is 969. The van der Waals surface area contributed by atoms with Crippen molar-refractivity contribution < 1.29 is 9.53 Å². The van der Waals surface area contributed by atoms with Crippen molar-refractivity contribution in [2.45, 2.75) is 19.4 Å². The van der Waals surface area contributed by atoms with E-state index in [1.54, 1.807) is 25.4 Å². The van der Waals surface area contributed by atoms with Crippen LogP contribution in [0.1, 0.15) is 22.8 Å². The fraction of sp³-hybridized carbons (Fsp3) is 0.182. The van der Waals surface area contributed by atoms with Gasteiger partial charge in [-0.2, -0.15) is 0 Å². The lowest BCUT2D eigenvalue weighted by Gasteiger charge is -2.23. The van der Waals surface area contributed by atoms with E-state index >= 15 is 0 Å². The highest BCUT2D eigenvalue weighted by atomic mass is 16.5. The van der Waals surface area contributed by atoms with E-state index in [4.69, 9.17) is 4.74 Å². The van der Waals surface area contributed by atoms with Crippen LogP contribution >= 0.6 is 0 Å². The lowest BCUT2D eigenvalue weighted by atomic mass is 10.1. The minimum atomic E-state index is -0.214. The van der Waals surface area contributed by atoms with Gasteiger partial charge in [-0.15, -0.1) is 0 Å². The van der Waals surface area contributed by atoms with Crippen molar-refractivity contribution in [3.05, 3.63) is 78.0 Å². The molecule has 0 bridgehead atoms. The number of aromatic nitrogens is 1. The van der Waals surface area contributed by atoms with Gasteiger partial charge in [0.1, 0.15) is 11.6 Å². The van der Waals surface area contributed by atoms with Crippen LogP contribution in [0.4, 0.5) is 17.2 Å². The van der Waals surface area contributed by atoms with Crippen LogP contribution in [0.15, 0.2) is 66.9 Å². The number of rotatable bonds is 4. The maximum Gasteiger partial charge on any atom is 0.257 e. The van der Waals surface area contributed by atoms with Gasteiger partial charge >= 0.3 is 0 Å². The second-order valence-corrected chi connectivity index (χ2v) is 6.61. The summed E-state index contributed by atoms with van der Waals surface area (Å²) in [6, 6.07) is 19.7. The summed E-state index contributed by atoms with van der Waals surface area (Å²) >= 11 is 0. The Kier molecular flexibility index (Phi) is 4.50. The molecule has 136 valence electrons. The van der Waals surface area contributed by atoms with E-state index in [1.807, 2.05) is 30.3 Å². The van der Waals surface area contributed by atoms with Crippen molar-refractivity contribution in [3.63, 3.8) is 0 Å². The van der Waals surface area contributed by atoms with Gasteiger partial charge in [0.2, 0.25) is 0 Å². The normalized spacial score (nSPS) is 15.3. The molecule has 5 heteroatoms. The molecule has 0 saturated heterocycles. The maximum absolute atomic E-state index is 12.6. The molecular formula is C22H21N3O2. The van der Waals surface area contributed by atoms with E-state index in [0.717, 1.165) is 12.2 Å². The largest absolute Gasteiger partial charge is 0.495 e. The lowest BCUT2D eigenvalue weighted by molar-refractivity contribution is 0.102. The Hall–Kier alpha value is -3.34. The molecule has 1 N–H and O–H groups in total. The summed E-state index contributed by atoms with van der Waals surface area (Å²) in [5.41, 5.74) is 3.65. The summed E-state index contributed by atoms with van der Waals surface area (Å²) < 4.78 is 5.28. The summed E-state index contributed by atoms with van der Waals surface area (Å²) in [6.07, 6.45) is 2.61. The Balaban J connectivity index is 1.55. The average Bonchev–Trinajstić information content (AvgIpc) is 3.04. The minimum absolute atomic E-state index is 0.214. The van der Waals surface area contributed by atoms with Gasteiger partial charge in [-0.1, -0.05) is 30.3 Å². The molecule has 3 aromatic rings. The number of nitrogens with one attached hydrogen (secondary N) is 1. The predicted octanol–water partition coefficient (Wildman–Crippen LogP) is 4.43. The number of anilines is 3. The van der Waals surface area contributed by atoms with Gasteiger partial charge in [0.25, 0.3) is 5.91 Å². The van der Waals surface area contributed by atoms with Crippen LogP contribution in [-0.2, 0) is 6.42 Å². The topological polar surface area (TPSA) is 54.5 Å². The number of para-hydroxylation sites is 3. The Morgan fingerprint density at radius 1 is 1.11 bits per heavy atom. The Morgan fingerprint density at radius 3 is 2.67 bits per heavy atom. The van der Waals surface area contributed by atoms with Crippen LogP contribution in [0, 0.1) is 0 Å². The minimum Gasteiger partial charge on any atom is -0.495 e. The third-order valence-corrected chi connectivity index (χ3v) is 4.82. The lowest BCUT2D eigenvalue weighted by Crippen LogP contribution is -2.25. The predicted molar refractivity (Wildman–Crippen MR) is 107 cm³/mol. The fourth-order valence-electron chi connectivity index (χ4n) is 3.52. The molecule has 0 radical (unpaired) electrons. The molecule has 2 aromatic carbocycles. The maximum atomic E-state index is 12.6. The van der Waals surface area contributed by atoms with Gasteiger partial charge in [0.15, 0.2) is 0 Å². The molecule has 0 saturated carbocycles. The number of fused-ring (bicyclic) bond motifs is 1. The van der Waals surface area contributed by atoms with Gasteiger partial charge in [-0.05, 0) is 49.2 Å². The number of ether oxygens (including phenoxy) is 1. The number of nitrogens with zero attached hydrogens (tertiary/aromatic N) is 2. The highest BCUT2D eigenvalue weighted by Crippen LogP contribution is 2.37. The average molecular weight is 359 g/mol. The Morgan fingerprint density at radius 2 is 1.89 bits per heavy atom. The third-order valence-electron chi connectivity index (χ3n) is 4.82. The first-order valence-corrected chi connectivity index (χ1v) is 8.95. The molecule has 1 amide bonds. The molecular weight excluding hydrogens is 338 g/mol. The van der Waals surface area contributed by atoms with Gasteiger partial charge in [0, 0.05) is 17.9 Å². The van der Waals surface area contributed by atoms with Crippen molar-refractivity contribution >= 4 is 23.1 Å². The zero-order valence-electron chi connectivity index (χ0n) is 15.3. The number of pyridine rings is 1. The van der Waals surface area contributed by atoms with Crippen LogP contribution in [0.5, 0.6) is 5.75 Å². The van der Waals surface area contributed by atoms with Gasteiger partial charge < -0.3 is 15.0 Å². The summed E-state index contributed by atoms with van der Waals surface area (Å²) in [7, 11) is 1.58. The quantitative estimate of drug-likeness (QED) is 0.749. The zero-order valence-corrected chi connectivity index (χ0v) is 15.3. The first-order chi connectivity index (χ1) is 13.2. The van der Waals surface area contributed by atoms with Crippen molar-refractivity contribution in [2.75, 3.05) is 17.3 Å². The molecule has 5 nitrogen and oxygen atoms in total. The number of carbonyl (C=O) groups excluding carboxylic acids is 1. The van der Waals surface area contributed by atoms with E-state index in [2.05, 4.69) is 40.3 Å². The zero-order chi connectivity index (χ0) is 18.8. The summed E-state index contributed by atoms with van der Waals surface area (Å²) in [5, 5.41) is 2.87. The van der Waals surface area contributed by atoms with Crippen molar-refractivity contribution in [2.24, 2.45) is 0 Å². The number of methoxy groups -OCH3 is 1. The second kappa shape index (κ2) is 7.11. The van der Waals surface area contributed by atoms with Crippen molar-refractivity contribution in [1.82, 2.24) is 4.98 Å². The molecule has 2 heterocycles. The SMILES string of the molecule is COc1ccccc1NC(=O)c1ccc(N2c3ccccc3CC2C)nc1. The number of hydrogen-bond donors (Lipinski definition) is 1. The van der Waals surface area contributed by atoms with Crippen molar-refractivity contribution in [1.29, 1.82) is 0 Å². The van der Waals surface area contributed by atoms with E-state index < -0.39 is 0 Å². The monoisotopic (exact) mass is 359 g/mol. The van der Waals surface area contributed by atoms with Gasteiger partial charge in [0.05, 0.1) is 18.4 Å². The second-order valence-electron chi connectivity index (χ2n) is 6.61. The van der Waals surface area contributed by atoms with E-state index in [1.165, 1.54) is 11.3 Å². The molecule has 1 unspecified atom stereocenters. The molecule has 1 aliphatic heterocycles. The number of amides is 1. The van der Waals surface area contributed by atoms with Crippen molar-refractivity contribution in [3.8, 4) is 5.75 Å². The first-order valence-electron chi connectivity index (χ1n) is 8.95. The highest BCUT2D eigenvalue weighted by Gasteiger charge is 2.27. The molecule has 0 aliphatic carbocycles. The summed E-state index contributed by atoms with van der Waals surface area (Å²) in [6.45, 7) is 2.18. The summed E-state index contributed by atoms with van der Waals surface area (Å²) in [4.78, 5) is 19.3. The summed E-state index contributed by atoms with van der Waals surface area (Å²) in [5.74, 6) is 1.26. The standard InChI is InChI=1S/C22H21N3O2/c1-15-13-16-7-3-5-9-19(16)25(15)21-12-11-17(14-23-21)22(26)24-18-8-4-6-10-20(18)27-2/h3-12,14-15H,13H2,1-2H3,(H,24,26). The van der Waals surface area contributed by atoms with Gasteiger partial charge in [-0.25, -0.2) is 4.98 Å². The molecule has 0 fully saturated rings. The molecule has 27 heavy (non-hydrogen) atoms. The molecule has 0 spiro atoms. The number of hydrogen-bond acceptors (Lipinski definition) is 4. The van der Waals surface area contributed by atoms with E-state index in [-0.39, 0.29) is 5.91 Å². The van der Waals surface area contributed by atoms with Crippen LogP contribution in [0.3, 0.4) is 0 Å². The molecule has 1 atom stereocenters. The highest BCUT2D eigenvalue weighted by molar-refractivity contribution is 6.05. The number of carbonyl (C=O) groups is 1. The molecule has 1 aliphatic rings. The number of benzene rings is 2. The van der Waals surface area contributed by atoms with E-state index in [0.29, 0.717) is 23.0 Å². The third kappa shape index (κ3) is 3.24. The molecule has 1 aromatic heterocycles. The van der Waals surface area contributed by atoms with Crippen LogP contribution < -0.4 is 15.0 Å². The first kappa shape index (κ1) is 17.1. The Labute approximate surface area is 158 Å². The fourth-order valence-corrected chi connectivity index (χ4v) is 3.52.